The Kier molecular flexibility index (Phi) is 7.32. The van der Waals surface area contributed by atoms with Gasteiger partial charge in [0.15, 0.2) is 0 Å². The summed E-state index contributed by atoms with van der Waals surface area (Å²) < 4.78 is 11.1. The number of carbonyl (C=O) groups excluding carboxylic acids is 1. The van der Waals surface area contributed by atoms with Crippen LogP contribution in [0, 0.1) is 5.92 Å². The Hall–Kier alpha value is -2.79. The largest absolute Gasteiger partial charge is 0.497 e. The summed E-state index contributed by atoms with van der Waals surface area (Å²) in [6, 6.07) is 13.8. The zero-order chi connectivity index (χ0) is 24.3. The van der Waals surface area contributed by atoms with Crippen LogP contribution < -0.4 is 9.47 Å². The van der Waals surface area contributed by atoms with Gasteiger partial charge in [0.25, 0.3) is 0 Å². The van der Waals surface area contributed by atoms with Crippen molar-refractivity contribution in [3.63, 3.8) is 0 Å². The number of amides is 1. The number of benzene rings is 2. The summed E-state index contributed by atoms with van der Waals surface area (Å²) in [6.07, 6.45) is 7.92. The predicted octanol–water partition coefficient (Wildman–Crippen LogP) is 5.74. The summed E-state index contributed by atoms with van der Waals surface area (Å²) in [5.74, 6) is 1.80. The van der Waals surface area contributed by atoms with Crippen LogP contribution >= 0.6 is 0 Å². The van der Waals surface area contributed by atoms with E-state index in [4.69, 9.17) is 9.47 Å². The Labute approximate surface area is 203 Å². The number of ether oxygens (including phenoxy) is 2. The average molecular weight is 464 g/mol. The topological polar surface area (TPSA) is 59.0 Å². The molecule has 34 heavy (non-hydrogen) atoms. The van der Waals surface area contributed by atoms with E-state index in [2.05, 4.69) is 38.1 Å². The molecule has 3 atom stereocenters. The summed E-state index contributed by atoms with van der Waals surface area (Å²) in [5.41, 5.74) is 2.46. The van der Waals surface area contributed by atoms with Crippen LogP contribution in [0.15, 0.2) is 48.5 Å². The predicted molar refractivity (Wildman–Crippen MR) is 135 cm³/mol. The zero-order valence-corrected chi connectivity index (χ0v) is 20.8. The number of hydrogen-bond acceptors (Lipinski definition) is 4. The second-order valence-electron chi connectivity index (χ2n) is 9.94. The van der Waals surface area contributed by atoms with Crippen LogP contribution in [0.25, 0.3) is 6.08 Å². The summed E-state index contributed by atoms with van der Waals surface area (Å²) in [7, 11) is 3.27. The van der Waals surface area contributed by atoms with Crippen molar-refractivity contribution in [1.29, 1.82) is 0 Å². The normalized spacial score (nSPS) is 24.8. The van der Waals surface area contributed by atoms with E-state index in [9.17, 15) is 9.90 Å². The number of aliphatic hydroxyl groups is 1. The molecule has 2 aromatic rings. The highest BCUT2D eigenvalue weighted by molar-refractivity contribution is 5.92. The van der Waals surface area contributed by atoms with Crippen molar-refractivity contribution >= 4 is 12.0 Å². The molecule has 182 valence electrons. The lowest BCUT2D eigenvalue weighted by molar-refractivity contribution is -0.151. The molecule has 0 unspecified atom stereocenters. The second-order valence-corrected chi connectivity index (χ2v) is 9.94. The van der Waals surface area contributed by atoms with Gasteiger partial charge in [0.1, 0.15) is 11.5 Å². The Morgan fingerprint density at radius 1 is 1.09 bits per heavy atom. The molecule has 0 aromatic heterocycles. The van der Waals surface area contributed by atoms with E-state index in [1.54, 1.807) is 20.3 Å². The molecular formula is C29H37NO4. The van der Waals surface area contributed by atoms with Crippen molar-refractivity contribution in [2.75, 3.05) is 20.8 Å². The number of hydrogen-bond donors (Lipinski definition) is 1. The van der Waals surface area contributed by atoms with Gasteiger partial charge in [-0.15, -0.1) is 0 Å². The lowest BCUT2D eigenvalue weighted by atomic mass is 9.66. The molecule has 0 radical (unpaired) electrons. The molecule has 2 aromatic carbocycles. The molecule has 2 fully saturated rings. The molecule has 1 N–H and O–H groups in total. The molecule has 1 heterocycles. The van der Waals surface area contributed by atoms with E-state index in [0.717, 1.165) is 36.8 Å². The van der Waals surface area contributed by atoms with Gasteiger partial charge in [-0.2, -0.15) is 0 Å². The van der Waals surface area contributed by atoms with Crippen LogP contribution in [0.5, 0.6) is 11.5 Å². The maximum atomic E-state index is 13.5. The van der Waals surface area contributed by atoms with E-state index in [1.165, 1.54) is 5.56 Å². The molecule has 4 rings (SSSR count). The lowest BCUT2D eigenvalue weighted by Gasteiger charge is -2.52. The summed E-state index contributed by atoms with van der Waals surface area (Å²) in [4.78, 5) is 15.4. The van der Waals surface area contributed by atoms with Crippen molar-refractivity contribution in [1.82, 2.24) is 4.90 Å². The minimum absolute atomic E-state index is 0.0278. The first kappa shape index (κ1) is 24.3. The molecule has 5 heteroatoms. The van der Waals surface area contributed by atoms with Crippen molar-refractivity contribution in [3.8, 4) is 11.5 Å². The smallest absolute Gasteiger partial charge is 0.247 e. The average Bonchev–Trinajstić information content (AvgIpc) is 2.86. The van der Waals surface area contributed by atoms with Crippen LogP contribution in [-0.2, 0) is 4.79 Å². The maximum Gasteiger partial charge on any atom is 0.247 e. The van der Waals surface area contributed by atoms with Gasteiger partial charge in [-0.1, -0.05) is 51.0 Å². The molecule has 1 amide bonds. The van der Waals surface area contributed by atoms with Gasteiger partial charge in [-0.3, -0.25) is 4.79 Å². The molecule has 0 bridgehead atoms. The highest BCUT2D eigenvalue weighted by atomic mass is 16.5. The maximum absolute atomic E-state index is 13.5. The minimum Gasteiger partial charge on any atom is -0.497 e. The summed E-state index contributed by atoms with van der Waals surface area (Å²) >= 11 is 0. The van der Waals surface area contributed by atoms with Gasteiger partial charge < -0.3 is 19.5 Å². The van der Waals surface area contributed by atoms with E-state index in [1.807, 2.05) is 29.2 Å². The molecule has 0 spiro atoms. The van der Waals surface area contributed by atoms with Crippen molar-refractivity contribution in [3.05, 3.63) is 65.2 Å². The van der Waals surface area contributed by atoms with Crippen LogP contribution in [0.1, 0.15) is 74.6 Å². The van der Waals surface area contributed by atoms with Gasteiger partial charge >= 0.3 is 0 Å². The van der Waals surface area contributed by atoms with Gasteiger partial charge in [-0.05, 0) is 54.5 Å². The number of rotatable bonds is 6. The van der Waals surface area contributed by atoms with Crippen molar-refractivity contribution < 1.29 is 19.4 Å². The fraction of sp³-hybridized carbons (Fsp3) is 0.483. The number of likely N-dealkylation sites (tertiary alicyclic amines) is 1. The highest BCUT2D eigenvalue weighted by Gasteiger charge is 2.50. The van der Waals surface area contributed by atoms with Crippen LogP contribution in [0.4, 0.5) is 0 Å². The standard InChI is InChI=1S/C29H37NO4/c1-20(2)22-11-8-21(9-12-22)10-15-27(31)30-18-17-29(32)16-6-5-7-25(29)28(30)24-14-13-23(33-3)19-26(24)34-4/h8-15,19-20,25,28,32H,5-7,16-18H2,1-4H3/b15-10+/t25-,28-,29-/m0/s1. The number of methoxy groups -OCH3 is 2. The van der Waals surface area contributed by atoms with Crippen molar-refractivity contribution in [2.24, 2.45) is 5.92 Å². The molecule has 1 saturated carbocycles. The first-order chi connectivity index (χ1) is 16.4. The van der Waals surface area contributed by atoms with Crippen LogP contribution in [0.3, 0.4) is 0 Å². The molecule has 1 aliphatic heterocycles. The SMILES string of the molecule is COc1ccc([C@H]2[C@@H]3CCCC[C@]3(O)CCN2C(=O)/C=C/c2ccc(C(C)C)cc2)c(OC)c1. The molecular weight excluding hydrogens is 426 g/mol. The van der Waals surface area contributed by atoms with Crippen molar-refractivity contribution in [2.45, 2.75) is 63.5 Å². The summed E-state index contributed by atoms with van der Waals surface area (Å²) in [5, 5.41) is 11.5. The van der Waals surface area contributed by atoms with Gasteiger partial charge in [0.05, 0.1) is 25.9 Å². The first-order valence-electron chi connectivity index (χ1n) is 12.4. The third-order valence-corrected chi connectivity index (χ3v) is 7.63. The molecule has 1 aliphatic carbocycles. The molecule has 1 saturated heterocycles. The third-order valence-electron chi connectivity index (χ3n) is 7.63. The number of piperidine rings is 1. The monoisotopic (exact) mass is 463 g/mol. The quantitative estimate of drug-likeness (QED) is 0.556. The fourth-order valence-corrected chi connectivity index (χ4v) is 5.63. The van der Waals surface area contributed by atoms with E-state index < -0.39 is 5.60 Å². The third kappa shape index (κ3) is 4.85. The van der Waals surface area contributed by atoms with E-state index in [-0.39, 0.29) is 17.9 Å². The van der Waals surface area contributed by atoms with Crippen LogP contribution in [-0.4, -0.2) is 42.3 Å². The van der Waals surface area contributed by atoms with E-state index >= 15 is 0 Å². The van der Waals surface area contributed by atoms with E-state index in [0.29, 0.717) is 30.4 Å². The lowest BCUT2D eigenvalue weighted by Crippen LogP contribution is -2.56. The van der Waals surface area contributed by atoms with Gasteiger partial charge in [0, 0.05) is 30.2 Å². The first-order valence-corrected chi connectivity index (χ1v) is 12.4. The number of fused-ring (bicyclic) bond motifs is 1. The number of nitrogens with zero attached hydrogens (tertiary/aromatic N) is 1. The Bertz CT molecular complexity index is 1030. The highest BCUT2D eigenvalue weighted by Crippen LogP contribution is 2.51. The Morgan fingerprint density at radius 2 is 1.85 bits per heavy atom. The second kappa shape index (κ2) is 10.2. The minimum atomic E-state index is -0.749. The number of carbonyl (C=O) groups is 1. The Balaban J connectivity index is 1.66. The van der Waals surface area contributed by atoms with Gasteiger partial charge in [-0.25, -0.2) is 0 Å². The fourth-order valence-electron chi connectivity index (χ4n) is 5.63. The zero-order valence-electron chi connectivity index (χ0n) is 20.8. The molecule has 5 nitrogen and oxygen atoms in total. The van der Waals surface area contributed by atoms with Crippen LogP contribution in [0.2, 0.25) is 0 Å². The molecule has 2 aliphatic rings. The van der Waals surface area contributed by atoms with Gasteiger partial charge in [0.2, 0.25) is 5.91 Å². The Morgan fingerprint density at radius 3 is 2.53 bits per heavy atom. The summed E-state index contributed by atoms with van der Waals surface area (Å²) in [6.45, 7) is 4.86.